The van der Waals surface area contributed by atoms with Gasteiger partial charge in [-0.25, -0.2) is 5.43 Å². The van der Waals surface area contributed by atoms with Crippen molar-refractivity contribution < 1.29 is 27.7 Å². The summed E-state index contributed by atoms with van der Waals surface area (Å²) in [6.45, 7) is 1.41. The number of nitrogens with zero attached hydrogens (tertiary/aromatic N) is 2. The molecular weight excluding hydrogens is 441 g/mol. The van der Waals surface area contributed by atoms with E-state index in [-0.39, 0.29) is 29.3 Å². The third-order valence-electron chi connectivity index (χ3n) is 3.88. The number of halogens is 4. The van der Waals surface area contributed by atoms with Crippen LogP contribution >= 0.6 is 11.6 Å². The minimum absolute atomic E-state index is 0.115. The smallest absolute Gasteiger partial charge is 0.324 e. The van der Waals surface area contributed by atoms with Crippen LogP contribution in [0.15, 0.2) is 47.6 Å². The van der Waals surface area contributed by atoms with Gasteiger partial charge in [0.2, 0.25) is 11.8 Å². The van der Waals surface area contributed by atoms with Gasteiger partial charge in [-0.15, -0.1) is 0 Å². The SMILES string of the molecule is CC(CC(=O)Nc1c(Cl)cccc1C(F)(F)F)=NNC(=O)Cc1ccc([N+](=O)[O-])cc1. The Balaban J connectivity index is 1.94. The lowest BCUT2D eigenvalue weighted by Gasteiger charge is -2.15. The fourth-order valence-electron chi connectivity index (χ4n) is 2.46. The average molecular weight is 457 g/mol. The normalized spacial score (nSPS) is 11.7. The summed E-state index contributed by atoms with van der Waals surface area (Å²) in [7, 11) is 0. The molecule has 12 heteroatoms. The molecule has 2 aromatic rings. The lowest BCUT2D eigenvalue weighted by molar-refractivity contribution is -0.384. The van der Waals surface area contributed by atoms with Crippen molar-refractivity contribution in [2.24, 2.45) is 5.10 Å². The van der Waals surface area contributed by atoms with Crippen LogP contribution in [0.5, 0.6) is 0 Å². The summed E-state index contributed by atoms with van der Waals surface area (Å²) in [5.74, 6) is -1.34. The number of para-hydroxylation sites is 1. The maximum atomic E-state index is 13.1. The first-order valence-electron chi connectivity index (χ1n) is 8.68. The molecule has 0 heterocycles. The number of amides is 2. The minimum Gasteiger partial charge on any atom is -0.324 e. The Bertz CT molecular complexity index is 1020. The highest BCUT2D eigenvalue weighted by atomic mass is 35.5. The lowest BCUT2D eigenvalue weighted by Crippen LogP contribution is -2.23. The van der Waals surface area contributed by atoms with Crippen molar-refractivity contribution in [3.63, 3.8) is 0 Å². The quantitative estimate of drug-likeness (QED) is 0.366. The summed E-state index contributed by atoms with van der Waals surface area (Å²) in [6.07, 6.45) is -5.21. The van der Waals surface area contributed by atoms with Crippen molar-refractivity contribution in [3.05, 3.63) is 68.7 Å². The number of anilines is 1. The van der Waals surface area contributed by atoms with E-state index in [4.69, 9.17) is 11.6 Å². The van der Waals surface area contributed by atoms with E-state index >= 15 is 0 Å². The molecule has 0 spiro atoms. The van der Waals surface area contributed by atoms with Gasteiger partial charge in [0.15, 0.2) is 0 Å². The average Bonchev–Trinajstić information content (AvgIpc) is 2.67. The van der Waals surface area contributed by atoms with Crippen LogP contribution in [-0.2, 0) is 22.2 Å². The number of benzene rings is 2. The van der Waals surface area contributed by atoms with E-state index in [1.54, 1.807) is 0 Å². The number of carbonyl (C=O) groups is 2. The summed E-state index contributed by atoms with van der Waals surface area (Å²) < 4.78 is 39.2. The highest BCUT2D eigenvalue weighted by molar-refractivity contribution is 6.34. The molecule has 0 aliphatic carbocycles. The zero-order valence-electron chi connectivity index (χ0n) is 16.0. The second-order valence-corrected chi connectivity index (χ2v) is 6.77. The third kappa shape index (κ3) is 7.07. The Hall–Kier alpha value is -3.47. The number of rotatable bonds is 7. The number of nitro groups is 1. The van der Waals surface area contributed by atoms with E-state index < -0.39 is 34.2 Å². The van der Waals surface area contributed by atoms with Gasteiger partial charge in [-0.1, -0.05) is 29.8 Å². The van der Waals surface area contributed by atoms with Crippen LogP contribution in [0.3, 0.4) is 0 Å². The van der Waals surface area contributed by atoms with E-state index in [9.17, 15) is 32.9 Å². The molecule has 0 fully saturated rings. The molecule has 2 amide bonds. The maximum absolute atomic E-state index is 13.1. The molecule has 0 aromatic heterocycles. The summed E-state index contributed by atoms with van der Waals surface area (Å²) in [5, 5.41) is 16.2. The van der Waals surface area contributed by atoms with Crippen molar-refractivity contribution >= 4 is 40.5 Å². The number of hydrogen-bond donors (Lipinski definition) is 2. The van der Waals surface area contributed by atoms with Crippen molar-refractivity contribution in [1.82, 2.24) is 5.43 Å². The van der Waals surface area contributed by atoms with Gasteiger partial charge in [-0.05, 0) is 24.6 Å². The van der Waals surface area contributed by atoms with Gasteiger partial charge in [-0.2, -0.15) is 18.3 Å². The first-order chi connectivity index (χ1) is 14.5. The molecule has 0 radical (unpaired) electrons. The van der Waals surface area contributed by atoms with Gasteiger partial charge in [0, 0.05) is 17.8 Å². The van der Waals surface area contributed by atoms with Gasteiger partial charge >= 0.3 is 6.18 Å². The summed E-state index contributed by atoms with van der Waals surface area (Å²) in [4.78, 5) is 34.1. The molecule has 164 valence electrons. The van der Waals surface area contributed by atoms with Crippen LogP contribution < -0.4 is 10.7 Å². The number of hydrazone groups is 1. The second-order valence-electron chi connectivity index (χ2n) is 6.37. The first kappa shape index (κ1) is 23.8. The summed E-state index contributed by atoms with van der Waals surface area (Å²) in [5.41, 5.74) is 1.10. The molecule has 0 aliphatic rings. The number of alkyl halides is 3. The molecule has 2 N–H and O–H groups in total. The predicted molar refractivity (Wildman–Crippen MR) is 108 cm³/mol. The van der Waals surface area contributed by atoms with Crippen LogP contribution in [0.25, 0.3) is 0 Å². The van der Waals surface area contributed by atoms with Gasteiger partial charge in [0.1, 0.15) is 0 Å². The zero-order valence-corrected chi connectivity index (χ0v) is 16.8. The molecule has 8 nitrogen and oxygen atoms in total. The fraction of sp³-hybridized carbons (Fsp3) is 0.211. The van der Waals surface area contributed by atoms with E-state index in [1.807, 2.05) is 0 Å². The number of nitro benzene ring substituents is 1. The summed E-state index contributed by atoms with van der Waals surface area (Å²) >= 11 is 5.78. The third-order valence-corrected chi connectivity index (χ3v) is 4.20. The molecule has 0 unspecified atom stereocenters. The predicted octanol–water partition coefficient (Wildman–Crippen LogP) is 4.33. The minimum atomic E-state index is -4.71. The van der Waals surface area contributed by atoms with Crippen LogP contribution in [-0.4, -0.2) is 22.4 Å². The van der Waals surface area contributed by atoms with Gasteiger partial charge < -0.3 is 5.32 Å². The highest BCUT2D eigenvalue weighted by Crippen LogP contribution is 2.38. The van der Waals surface area contributed by atoms with Crippen LogP contribution in [0.2, 0.25) is 5.02 Å². The van der Waals surface area contributed by atoms with Crippen LogP contribution in [0.1, 0.15) is 24.5 Å². The Kier molecular flexibility index (Phi) is 7.70. The molecule has 2 aromatic carbocycles. The molecule has 0 aliphatic heterocycles. The largest absolute Gasteiger partial charge is 0.418 e. The van der Waals surface area contributed by atoms with Gasteiger partial charge in [-0.3, -0.25) is 19.7 Å². The molecule has 31 heavy (non-hydrogen) atoms. The second kappa shape index (κ2) is 10.0. The van der Waals surface area contributed by atoms with Crippen molar-refractivity contribution in [2.45, 2.75) is 25.9 Å². The van der Waals surface area contributed by atoms with Crippen LogP contribution in [0.4, 0.5) is 24.5 Å². The number of nitrogens with one attached hydrogen (secondary N) is 2. The Morgan fingerprint density at radius 2 is 1.77 bits per heavy atom. The van der Waals surface area contributed by atoms with Gasteiger partial charge in [0.25, 0.3) is 5.69 Å². The van der Waals surface area contributed by atoms with Crippen molar-refractivity contribution in [1.29, 1.82) is 0 Å². The lowest BCUT2D eigenvalue weighted by atomic mass is 10.1. The Labute approximate surface area is 179 Å². The standard InChI is InChI=1S/C19H16ClF3N4O4/c1-11(25-26-17(29)10-12-5-7-13(8-6-12)27(30)31)9-16(28)24-18-14(19(21,22)23)3-2-4-15(18)20/h2-8H,9-10H2,1H3,(H,24,28)(H,26,29). The molecule has 0 atom stereocenters. The van der Waals surface area contributed by atoms with Gasteiger partial charge in [0.05, 0.1) is 34.0 Å². The summed E-state index contributed by atoms with van der Waals surface area (Å²) in [6, 6.07) is 8.48. The van der Waals surface area contributed by atoms with Crippen molar-refractivity contribution in [3.8, 4) is 0 Å². The number of non-ortho nitro benzene ring substituents is 1. The Morgan fingerprint density at radius 3 is 2.35 bits per heavy atom. The van der Waals surface area contributed by atoms with E-state index in [0.29, 0.717) is 5.56 Å². The van der Waals surface area contributed by atoms with E-state index in [2.05, 4.69) is 15.8 Å². The van der Waals surface area contributed by atoms with E-state index in [0.717, 1.165) is 12.1 Å². The van der Waals surface area contributed by atoms with Crippen LogP contribution in [0, 0.1) is 10.1 Å². The molecule has 2 rings (SSSR count). The first-order valence-corrected chi connectivity index (χ1v) is 9.06. The monoisotopic (exact) mass is 456 g/mol. The van der Waals surface area contributed by atoms with E-state index in [1.165, 1.54) is 37.3 Å². The molecule has 0 bridgehead atoms. The fourth-order valence-corrected chi connectivity index (χ4v) is 2.68. The number of hydrogen-bond acceptors (Lipinski definition) is 5. The Morgan fingerprint density at radius 1 is 1.13 bits per heavy atom. The zero-order chi connectivity index (χ0) is 23.2. The van der Waals surface area contributed by atoms with Crippen molar-refractivity contribution in [2.75, 3.05) is 5.32 Å². The number of carbonyl (C=O) groups excluding carboxylic acids is 2. The maximum Gasteiger partial charge on any atom is 0.418 e. The topological polar surface area (TPSA) is 114 Å². The molecular formula is C19H16ClF3N4O4. The molecule has 0 saturated carbocycles. The highest BCUT2D eigenvalue weighted by Gasteiger charge is 2.34. The molecule has 0 saturated heterocycles.